The summed E-state index contributed by atoms with van der Waals surface area (Å²) in [6.45, 7) is 4.66. The molecule has 4 bridgehead atoms. The summed E-state index contributed by atoms with van der Waals surface area (Å²) in [5.41, 5.74) is -1.29. The van der Waals surface area contributed by atoms with Gasteiger partial charge in [0.15, 0.2) is 10.8 Å². The van der Waals surface area contributed by atoms with E-state index in [1.807, 2.05) is 4.90 Å². The van der Waals surface area contributed by atoms with Crippen LogP contribution >= 0.6 is 0 Å². The van der Waals surface area contributed by atoms with Gasteiger partial charge in [-0.2, -0.15) is 21.6 Å². The van der Waals surface area contributed by atoms with E-state index in [4.69, 9.17) is 9.72 Å². The smallest absolute Gasteiger partial charge is 0.394 e. The van der Waals surface area contributed by atoms with E-state index in [1.54, 1.807) is 24.4 Å². The van der Waals surface area contributed by atoms with Gasteiger partial charge < -0.3 is 9.64 Å². The van der Waals surface area contributed by atoms with E-state index in [1.165, 1.54) is 22.9 Å². The Balaban J connectivity index is 1.30. The lowest BCUT2D eigenvalue weighted by molar-refractivity contribution is -0.190. The predicted octanol–water partition coefficient (Wildman–Crippen LogP) is 5.22. The van der Waals surface area contributed by atoms with Gasteiger partial charge >= 0.3 is 6.18 Å². The van der Waals surface area contributed by atoms with Crippen LogP contribution in [0.15, 0.2) is 47.6 Å². The van der Waals surface area contributed by atoms with E-state index in [0.717, 1.165) is 25.7 Å². The number of nitrogens with zero attached hydrogens (tertiary/aromatic N) is 5. The van der Waals surface area contributed by atoms with Gasteiger partial charge in [0.25, 0.3) is 15.9 Å². The molecule has 44 heavy (non-hydrogen) atoms. The van der Waals surface area contributed by atoms with E-state index >= 15 is 0 Å². The summed E-state index contributed by atoms with van der Waals surface area (Å²) in [5, 5.41) is 4.13. The molecule has 0 unspecified atom stereocenters. The lowest BCUT2D eigenvalue weighted by Gasteiger charge is -2.34. The standard InChI is InChI=1S/C30H35F3N6O4S/c1-28(2)18-20-6-3-4-7-21-8-5-9-25(34-21)44(41,42)37-27(40)22-10-11-23(35-26(22)38(28)19-20)39-16-12-24(36-39)43-17-15-29(13-14-29)30(31,32)33/h5,8-12,16,20H,3-4,6-7,13-15,17-19H2,1-2H3,(H,37,40)/t20-/m1/s1. The first kappa shape index (κ1) is 30.4. The number of pyridine rings is 2. The van der Waals surface area contributed by atoms with Crippen molar-refractivity contribution >= 4 is 21.7 Å². The van der Waals surface area contributed by atoms with Crippen molar-refractivity contribution in [1.29, 1.82) is 0 Å². The Hall–Kier alpha value is -3.68. The molecule has 10 nitrogen and oxygen atoms in total. The molecule has 1 saturated heterocycles. The molecule has 1 atom stereocenters. The van der Waals surface area contributed by atoms with Gasteiger partial charge in [-0.25, -0.2) is 19.4 Å². The number of anilines is 1. The minimum Gasteiger partial charge on any atom is -0.477 e. The lowest BCUT2D eigenvalue weighted by Crippen LogP contribution is -2.41. The molecule has 1 N–H and O–H groups in total. The second-order valence-corrected chi connectivity index (χ2v) is 14.3. The Labute approximate surface area is 254 Å². The maximum absolute atomic E-state index is 13.6. The zero-order chi connectivity index (χ0) is 31.3. The first-order chi connectivity index (χ1) is 20.8. The number of hydrogen-bond donors (Lipinski definition) is 1. The Kier molecular flexibility index (Phi) is 7.61. The van der Waals surface area contributed by atoms with Gasteiger partial charge in [0.05, 0.1) is 17.6 Å². The van der Waals surface area contributed by atoms with Crippen molar-refractivity contribution in [3.8, 4) is 11.7 Å². The average molecular weight is 633 g/mol. The minimum absolute atomic E-state index is 0.0857. The topological polar surface area (TPSA) is 119 Å². The number of ether oxygens (including phenoxy) is 1. The van der Waals surface area contributed by atoms with Crippen LogP contribution in [0.2, 0.25) is 0 Å². The second kappa shape index (κ2) is 11.0. The van der Waals surface area contributed by atoms with Crippen molar-refractivity contribution in [3.63, 3.8) is 0 Å². The number of aryl methyl sites for hydroxylation is 1. The quantitative estimate of drug-likeness (QED) is 0.407. The summed E-state index contributed by atoms with van der Waals surface area (Å²) in [6.07, 6.45) is 1.70. The highest BCUT2D eigenvalue weighted by molar-refractivity contribution is 7.90. The van der Waals surface area contributed by atoms with Crippen LogP contribution < -0.4 is 14.4 Å². The zero-order valence-electron chi connectivity index (χ0n) is 24.6. The molecule has 3 aromatic heterocycles. The van der Waals surface area contributed by atoms with Crippen LogP contribution in [0.1, 0.15) is 74.8 Å². The number of carbonyl (C=O) groups excluding carboxylic acids is 1. The third-order valence-electron chi connectivity index (χ3n) is 8.98. The van der Waals surface area contributed by atoms with Gasteiger partial charge in [0.2, 0.25) is 5.88 Å². The number of alkyl halides is 3. The van der Waals surface area contributed by atoms with Crippen molar-refractivity contribution in [2.75, 3.05) is 18.1 Å². The fourth-order valence-corrected chi connectivity index (χ4v) is 7.26. The van der Waals surface area contributed by atoms with Crippen LogP contribution in [0.5, 0.6) is 5.88 Å². The van der Waals surface area contributed by atoms with Gasteiger partial charge in [0.1, 0.15) is 5.82 Å². The van der Waals surface area contributed by atoms with E-state index in [2.05, 4.69) is 28.7 Å². The number of fused-ring (bicyclic) bond motifs is 6. The SMILES string of the molecule is CC1(C)C[C@H]2CCCCc3cccc(n3)S(=O)(=O)NC(=O)c3ccc(-n4ccc(OCCC5(C(F)(F)F)CC5)n4)nc3N1C2. The molecule has 1 aliphatic carbocycles. The van der Waals surface area contributed by atoms with Crippen molar-refractivity contribution in [2.45, 2.75) is 82.0 Å². The number of hydrogen-bond acceptors (Lipinski definition) is 8. The number of sulfonamides is 1. The maximum atomic E-state index is 13.6. The van der Waals surface area contributed by atoms with Crippen molar-refractivity contribution < 1.29 is 31.1 Å². The van der Waals surface area contributed by atoms with Crippen LogP contribution in [0, 0.1) is 11.3 Å². The summed E-state index contributed by atoms with van der Waals surface area (Å²) < 4.78 is 75.3. The first-order valence-corrected chi connectivity index (χ1v) is 16.3. The van der Waals surface area contributed by atoms with Crippen LogP contribution in [-0.2, 0) is 16.4 Å². The summed E-state index contributed by atoms with van der Waals surface area (Å²) in [7, 11) is -4.26. The molecule has 3 aromatic rings. The van der Waals surface area contributed by atoms with Crippen molar-refractivity contribution in [3.05, 3.63) is 53.9 Å². The molecule has 6 rings (SSSR count). The molecular weight excluding hydrogens is 597 g/mol. The van der Waals surface area contributed by atoms with Gasteiger partial charge in [-0.15, -0.1) is 5.10 Å². The van der Waals surface area contributed by atoms with Gasteiger partial charge in [-0.1, -0.05) is 12.5 Å². The molecule has 14 heteroatoms. The number of amides is 1. The van der Waals surface area contributed by atoms with Crippen LogP contribution in [0.25, 0.3) is 5.82 Å². The largest absolute Gasteiger partial charge is 0.477 e. The normalized spacial score (nSPS) is 22.3. The molecule has 5 heterocycles. The minimum atomic E-state index is -4.26. The Bertz CT molecular complexity index is 1670. The molecule has 2 aliphatic heterocycles. The second-order valence-electron chi connectivity index (χ2n) is 12.7. The molecule has 1 amide bonds. The van der Waals surface area contributed by atoms with E-state index in [0.29, 0.717) is 36.2 Å². The lowest BCUT2D eigenvalue weighted by atomic mass is 9.92. The van der Waals surface area contributed by atoms with Gasteiger partial charge in [-0.3, -0.25) is 4.79 Å². The highest BCUT2D eigenvalue weighted by Crippen LogP contribution is 2.59. The maximum Gasteiger partial charge on any atom is 0.394 e. The number of nitrogens with one attached hydrogen (secondary N) is 1. The zero-order valence-corrected chi connectivity index (χ0v) is 25.4. The molecule has 0 aromatic carbocycles. The molecule has 2 fully saturated rings. The highest BCUT2D eigenvalue weighted by atomic mass is 32.2. The number of carbonyl (C=O) groups is 1. The Morgan fingerprint density at radius 3 is 2.64 bits per heavy atom. The Morgan fingerprint density at radius 1 is 1.09 bits per heavy atom. The van der Waals surface area contributed by atoms with E-state index in [9.17, 15) is 26.4 Å². The first-order valence-electron chi connectivity index (χ1n) is 14.8. The average Bonchev–Trinajstić information content (AvgIpc) is 3.51. The van der Waals surface area contributed by atoms with Crippen LogP contribution in [0.4, 0.5) is 19.0 Å². The fraction of sp³-hybridized carbons (Fsp3) is 0.533. The summed E-state index contributed by atoms with van der Waals surface area (Å²) in [6, 6.07) is 9.37. The number of aromatic nitrogens is 4. The summed E-state index contributed by atoms with van der Waals surface area (Å²) >= 11 is 0. The fourth-order valence-electron chi connectivity index (χ4n) is 6.31. The van der Waals surface area contributed by atoms with Crippen molar-refractivity contribution in [2.24, 2.45) is 11.3 Å². The molecule has 0 radical (unpaired) electrons. The third-order valence-corrected chi connectivity index (χ3v) is 10.2. The molecule has 1 saturated carbocycles. The van der Waals surface area contributed by atoms with Crippen LogP contribution in [-0.4, -0.2) is 58.9 Å². The summed E-state index contributed by atoms with van der Waals surface area (Å²) in [5.74, 6) is 0.327. The van der Waals surface area contributed by atoms with Gasteiger partial charge in [0, 0.05) is 30.0 Å². The number of rotatable bonds is 5. The monoisotopic (exact) mass is 632 g/mol. The molecule has 236 valence electrons. The summed E-state index contributed by atoms with van der Waals surface area (Å²) in [4.78, 5) is 24.7. The van der Waals surface area contributed by atoms with E-state index < -0.39 is 27.5 Å². The third kappa shape index (κ3) is 6.00. The van der Waals surface area contributed by atoms with Gasteiger partial charge in [-0.05, 0) is 89.0 Å². The molecular formula is C30H35F3N6O4S. The highest BCUT2D eigenvalue weighted by Gasteiger charge is 2.62. The molecule has 3 aliphatic rings. The number of halogens is 3. The van der Waals surface area contributed by atoms with Crippen molar-refractivity contribution in [1.82, 2.24) is 24.5 Å². The predicted molar refractivity (Wildman–Crippen MR) is 155 cm³/mol. The van der Waals surface area contributed by atoms with E-state index in [-0.39, 0.29) is 47.9 Å². The molecule has 0 spiro atoms. The Morgan fingerprint density at radius 2 is 1.89 bits per heavy atom. The van der Waals surface area contributed by atoms with Crippen LogP contribution in [0.3, 0.4) is 0 Å².